The Morgan fingerprint density at radius 1 is 0.931 bits per heavy atom. The van der Waals surface area contributed by atoms with Crippen LogP contribution in [0, 0.1) is 5.82 Å². The van der Waals surface area contributed by atoms with E-state index in [1.807, 2.05) is 30.3 Å². The molecule has 4 rings (SSSR count). The van der Waals surface area contributed by atoms with Gasteiger partial charge in [0.15, 0.2) is 5.11 Å². The summed E-state index contributed by atoms with van der Waals surface area (Å²) < 4.78 is 19.8. The first-order valence-electron chi connectivity index (χ1n) is 8.79. The topological polar surface area (TPSA) is 67.4 Å². The number of benzene rings is 3. The van der Waals surface area contributed by atoms with E-state index in [2.05, 4.69) is 10.6 Å². The summed E-state index contributed by atoms with van der Waals surface area (Å²) in [4.78, 5) is 24.5. The summed E-state index contributed by atoms with van der Waals surface area (Å²) in [6.07, 6.45) is 1.46. The van der Waals surface area contributed by atoms with E-state index < -0.39 is 11.8 Å². The van der Waals surface area contributed by atoms with Crippen LogP contribution in [0.15, 0.2) is 66.2 Å². The highest BCUT2D eigenvalue weighted by Gasteiger charge is 2.26. The molecule has 0 radical (unpaired) electrons. The molecule has 3 aromatic carbocycles. The Labute approximate surface area is 171 Å². The fourth-order valence-electron chi connectivity index (χ4n) is 3.07. The number of rotatable bonds is 4. The first kappa shape index (κ1) is 18.8. The highest BCUT2D eigenvalue weighted by molar-refractivity contribution is 7.80. The summed E-state index contributed by atoms with van der Waals surface area (Å²) in [6, 6.07) is 17.4. The second-order valence-corrected chi connectivity index (χ2v) is 6.78. The van der Waals surface area contributed by atoms with E-state index in [1.165, 1.54) is 12.1 Å². The van der Waals surface area contributed by atoms with Gasteiger partial charge >= 0.3 is 0 Å². The molecule has 0 aromatic heterocycles. The lowest BCUT2D eigenvalue weighted by Gasteiger charge is -2.18. The lowest BCUT2D eigenvalue weighted by molar-refractivity contribution is -0.123. The second-order valence-electron chi connectivity index (χ2n) is 6.37. The molecule has 0 atom stereocenters. The summed E-state index contributed by atoms with van der Waals surface area (Å²) in [7, 11) is 0. The van der Waals surface area contributed by atoms with E-state index in [9.17, 15) is 14.0 Å². The number of fused-ring (bicyclic) bond motifs is 1. The van der Waals surface area contributed by atoms with Crippen molar-refractivity contribution in [3.63, 3.8) is 0 Å². The Hall–Kier alpha value is -3.58. The van der Waals surface area contributed by atoms with Crippen molar-refractivity contribution >= 4 is 46.0 Å². The van der Waals surface area contributed by atoms with Crippen LogP contribution in [0.25, 0.3) is 16.8 Å². The minimum Gasteiger partial charge on any atom is -0.488 e. The number of ether oxygens (including phenoxy) is 1. The predicted molar refractivity (Wildman–Crippen MR) is 112 cm³/mol. The normalized spacial score (nSPS) is 13.8. The van der Waals surface area contributed by atoms with Gasteiger partial charge in [-0.15, -0.1) is 0 Å². The SMILES string of the molecule is O=C1NC(=S)NC(=O)C1=Cc1c(OCc2ccccc2F)ccc2ccccc12. The van der Waals surface area contributed by atoms with Gasteiger partial charge in [-0.05, 0) is 41.2 Å². The molecule has 1 saturated heterocycles. The lowest BCUT2D eigenvalue weighted by atomic mass is 10.00. The molecule has 0 bridgehead atoms. The van der Waals surface area contributed by atoms with Crippen LogP contribution in [0.2, 0.25) is 0 Å². The van der Waals surface area contributed by atoms with E-state index in [4.69, 9.17) is 17.0 Å². The molecule has 1 fully saturated rings. The second kappa shape index (κ2) is 7.81. The Balaban J connectivity index is 1.78. The van der Waals surface area contributed by atoms with E-state index in [0.29, 0.717) is 16.9 Å². The summed E-state index contributed by atoms with van der Waals surface area (Å²) in [5.74, 6) is -1.13. The first-order chi connectivity index (χ1) is 14.0. The summed E-state index contributed by atoms with van der Waals surface area (Å²) in [6.45, 7) is 0.00364. The Bertz CT molecular complexity index is 1170. The van der Waals surface area contributed by atoms with Crippen molar-refractivity contribution in [1.82, 2.24) is 10.6 Å². The van der Waals surface area contributed by atoms with Crippen molar-refractivity contribution in [2.75, 3.05) is 0 Å². The molecule has 2 amide bonds. The molecule has 144 valence electrons. The third-order valence-electron chi connectivity index (χ3n) is 4.50. The molecule has 29 heavy (non-hydrogen) atoms. The van der Waals surface area contributed by atoms with Gasteiger partial charge in [0.05, 0.1) is 0 Å². The van der Waals surface area contributed by atoms with Gasteiger partial charge in [-0.3, -0.25) is 20.2 Å². The van der Waals surface area contributed by atoms with E-state index in [1.54, 1.807) is 24.3 Å². The minimum absolute atomic E-state index is 0.00364. The quantitative estimate of drug-likeness (QED) is 0.396. The average molecular weight is 406 g/mol. The number of carbonyl (C=O) groups excluding carboxylic acids is 2. The van der Waals surface area contributed by atoms with Gasteiger partial charge in [0, 0.05) is 11.1 Å². The summed E-state index contributed by atoms with van der Waals surface area (Å²) in [5.41, 5.74) is 0.857. The van der Waals surface area contributed by atoms with Gasteiger partial charge in [0.25, 0.3) is 11.8 Å². The summed E-state index contributed by atoms with van der Waals surface area (Å²) in [5, 5.41) is 6.49. The molecule has 2 N–H and O–H groups in total. The Morgan fingerprint density at radius 2 is 1.62 bits per heavy atom. The van der Waals surface area contributed by atoms with Crippen LogP contribution in [0.4, 0.5) is 4.39 Å². The third kappa shape index (κ3) is 3.86. The first-order valence-corrected chi connectivity index (χ1v) is 9.20. The maximum Gasteiger partial charge on any atom is 0.263 e. The number of halogens is 1. The van der Waals surface area contributed by atoms with Gasteiger partial charge in [0.1, 0.15) is 23.7 Å². The predicted octanol–water partition coefficient (Wildman–Crippen LogP) is 3.47. The Kier molecular flexibility index (Phi) is 5.05. The highest BCUT2D eigenvalue weighted by atomic mass is 32.1. The number of carbonyl (C=O) groups is 2. The fraction of sp³-hybridized carbons (Fsp3) is 0.0455. The molecule has 1 aliphatic heterocycles. The van der Waals surface area contributed by atoms with E-state index in [0.717, 1.165) is 10.8 Å². The number of hydrogen-bond acceptors (Lipinski definition) is 4. The molecule has 0 saturated carbocycles. The van der Waals surface area contributed by atoms with E-state index >= 15 is 0 Å². The molecule has 0 spiro atoms. The molecular weight excluding hydrogens is 391 g/mol. The van der Waals surface area contributed by atoms with Crippen molar-refractivity contribution in [2.45, 2.75) is 6.61 Å². The molecule has 7 heteroatoms. The van der Waals surface area contributed by atoms with Gasteiger partial charge < -0.3 is 4.74 Å². The van der Waals surface area contributed by atoms with Gasteiger partial charge in [-0.2, -0.15) is 0 Å². The maximum absolute atomic E-state index is 13.9. The highest BCUT2D eigenvalue weighted by Crippen LogP contribution is 2.31. The monoisotopic (exact) mass is 406 g/mol. The van der Waals surface area contributed by atoms with Crippen LogP contribution in [0.1, 0.15) is 11.1 Å². The number of nitrogens with one attached hydrogen (secondary N) is 2. The number of hydrogen-bond donors (Lipinski definition) is 2. The summed E-state index contributed by atoms with van der Waals surface area (Å²) >= 11 is 4.84. The molecule has 1 heterocycles. The number of amides is 2. The van der Waals surface area contributed by atoms with Crippen LogP contribution < -0.4 is 15.4 Å². The molecule has 5 nitrogen and oxygen atoms in total. The Morgan fingerprint density at radius 3 is 2.38 bits per heavy atom. The maximum atomic E-state index is 13.9. The van der Waals surface area contributed by atoms with Crippen LogP contribution in [-0.4, -0.2) is 16.9 Å². The van der Waals surface area contributed by atoms with Crippen LogP contribution in [-0.2, 0) is 16.2 Å². The van der Waals surface area contributed by atoms with Crippen LogP contribution in [0.3, 0.4) is 0 Å². The molecular formula is C22H15FN2O3S. The van der Waals surface area contributed by atoms with Crippen molar-refractivity contribution in [1.29, 1.82) is 0 Å². The van der Waals surface area contributed by atoms with Crippen molar-refractivity contribution < 1.29 is 18.7 Å². The fourth-order valence-corrected chi connectivity index (χ4v) is 3.26. The smallest absolute Gasteiger partial charge is 0.263 e. The zero-order valence-electron chi connectivity index (χ0n) is 15.1. The van der Waals surface area contributed by atoms with Crippen LogP contribution in [0.5, 0.6) is 5.75 Å². The molecule has 3 aromatic rings. The van der Waals surface area contributed by atoms with Crippen molar-refractivity contribution in [3.8, 4) is 5.75 Å². The van der Waals surface area contributed by atoms with Crippen molar-refractivity contribution in [3.05, 3.63) is 83.2 Å². The standard InChI is InChI=1S/C22H15FN2O3S/c23-18-8-4-2-6-14(18)12-28-19-10-9-13-5-1-3-7-15(13)16(19)11-17-20(26)24-22(29)25-21(17)27/h1-11H,12H2,(H2,24,25,26,27,29). The zero-order chi connectivity index (χ0) is 20.4. The molecule has 0 unspecified atom stereocenters. The largest absolute Gasteiger partial charge is 0.488 e. The van der Waals surface area contributed by atoms with Gasteiger partial charge in [-0.25, -0.2) is 4.39 Å². The lowest BCUT2D eigenvalue weighted by Crippen LogP contribution is -2.51. The third-order valence-corrected chi connectivity index (χ3v) is 4.71. The van der Waals surface area contributed by atoms with E-state index in [-0.39, 0.29) is 23.1 Å². The minimum atomic E-state index is -0.591. The number of thiocarbonyl (C=S) groups is 1. The van der Waals surface area contributed by atoms with Crippen LogP contribution >= 0.6 is 12.2 Å². The average Bonchev–Trinajstić information content (AvgIpc) is 2.70. The van der Waals surface area contributed by atoms with Gasteiger partial charge in [-0.1, -0.05) is 48.5 Å². The zero-order valence-corrected chi connectivity index (χ0v) is 15.9. The molecule has 0 aliphatic carbocycles. The van der Waals surface area contributed by atoms with Crippen molar-refractivity contribution in [2.24, 2.45) is 0 Å². The van der Waals surface area contributed by atoms with Gasteiger partial charge in [0.2, 0.25) is 0 Å². The molecule has 1 aliphatic rings.